The number of benzene rings is 1. The number of carbonyl (C=O) groups is 1. The molecular weight excluding hydrogens is 483 g/mol. The van der Waals surface area contributed by atoms with Crippen LogP contribution in [0.3, 0.4) is 0 Å². The summed E-state index contributed by atoms with van der Waals surface area (Å²) in [4.78, 5) is 17.4. The number of ether oxygens (including phenoxy) is 1. The van der Waals surface area contributed by atoms with Gasteiger partial charge in [-0.3, -0.25) is 0 Å². The van der Waals surface area contributed by atoms with Crippen molar-refractivity contribution in [2.24, 2.45) is 0 Å². The van der Waals surface area contributed by atoms with E-state index in [0.29, 0.717) is 11.3 Å². The van der Waals surface area contributed by atoms with Crippen LogP contribution in [-0.4, -0.2) is 69.6 Å². The zero-order chi connectivity index (χ0) is 26.7. The van der Waals surface area contributed by atoms with Crippen LogP contribution in [0.2, 0.25) is 0 Å². The van der Waals surface area contributed by atoms with Crippen LogP contribution in [0.15, 0.2) is 30.5 Å². The summed E-state index contributed by atoms with van der Waals surface area (Å²) >= 11 is 0. The summed E-state index contributed by atoms with van der Waals surface area (Å²) in [5, 5.41) is 9.40. The maximum atomic E-state index is 15.7. The third-order valence-corrected chi connectivity index (χ3v) is 7.54. The number of aryl methyl sites for hydroxylation is 1. The van der Waals surface area contributed by atoms with E-state index >= 15 is 8.78 Å². The number of nitrogens with zero attached hydrogens (tertiary/aromatic N) is 3. The van der Waals surface area contributed by atoms with Gasteiger partial charge in [-0.1, -0.05) is 0 Å². The van der Waals surface area contributed by atoms with Crippen molar-refractivity contribution in [2.75, 3.05) is 19.7 Å². The zero-order valence-electron chi connectivity index (χ0n) is 21.5. The van der Waals surface area contributed by atoms with Crippen molar-refractivity contribution in [1.82, 2.24) is 14.3 Å². The molecule has 0 radical (unpaired) electrons. The van der Waals surface area contributed by atoms with E-state index in [2.05, 4.69) is 4.98 Å². The van der Waals surface area contributed by atoms with Crippen LogP contribution in [0.4, 0.5) is 13.6 Å². The Kier molecular flexibility index (Phi) is 6.28. The van der Waals surface area contributed by atoms with Gasteiger partial charge in [0.15, 0.2) is 0 Å². The van der Waals surface area contributed by atoms with Crippen LogP contribution in [0, 0.1) is 18.6 Å². The number of halogens is 2. The quantitative estimate of drug-likeness (QED) is 0.535. The molecule has 1 N–H and O–H groups in total. The Morgan fingerprint density at radius 1 is 1.16 bits per heavy atom. The fourth-order valence-electron chi connectivity index (χ4n) is 4.76. The van der Waals surface area contributed by atoms with Crippen molar-refractivity contribution in [3.8, 4) is 11.3 Å². The van der Waals surface area contributed by atoms with E-state index in [4.69, 9.17) is 14.0 Å². The van der Waals surface area contributed by atoms with E-state index in [1.165, 1.54) is 17.0 Å². The van der Waals surface area contributed by atoms with Crippen LogP contribution in [0.25, 0.3) is 16.9 Å². The maximum absolute atomic E-state index is 15.7. The number of hydrogen-bond acceptors (Lipinski definition) is 5. The summed E-state index contributed by atoms with van der Waals surface area (Å²) in [6, 6.07) is 6.15. The Hall–Kier alpha value is -3.02. The van der Waals surface area contributed by atoms with E-state index in [9.17, 15) is 9.90 Å². The second-order valence-corrected chi connectivity index (χ2v) is 10.7. The highest BCUT2D eigenvalue weighted by atomic mass is 19.1. The first-order valence-electron chi connectivity index (χ1n) is 12.3. The molecule has 5 rings (SSSR count). The summed E-state index contributed by atoms with van der Waals surface area (Å²) in [6.07, 6.45) is 0.502. The predicted octanol–water partition coefficient (Wildman–Crippen LogP) is 3.81. The lowest BCUT2D eigenvalue weighted by Crippen LogP contribution is -2.45. The fraction of sp³-hybridized carbons (Fsp3) is 0.462. The fourth-order valence-corrected chi connectivity index (χ4v) is 4.76. The summed E-state index contributed by atoms with van der Waals surface area (Å²) in [5.41, 5.74) is 0.835. The van der Waals surface area contributed by atoms with Gasteiger partial charge < -0.3 is 28.5 Å². The van der Waals surface area contributed by atoms with Gasteiger partial charge in [0.2, 0.25) is 0 Å². The lowest BCUT2D eigenvalue weighted by Gasteiger charge is -2.32. The van der Waals surface area contributed by atoms with E-state index in [0.717, 1.165) is 5.56 Å². The average Bonchev–Trinajstić information content (AvgIpc) is 3.25. The van der Waals surface area contributed by atoms with Crippen LogP contribution in [0.1, 0.15) is 39.0 Å². The predicted molar refractivity (Wildman–Crippen MR) is 134 cm³/mol. The molecule has 3 aromatic rings. The number of pyridine rings is 1. The molecule has 196 valence electrons. The van der Waals surface area contributed by atoms with Crippen molar-refractivity contribution in [3.63, 3.8) is 0 Å². The molecule has 0 aliphatic carbocycles. The minimum atomic E-state index is -1.03. The van der Waals surface area contributed by atoms with Crippen LogP contribution in [0.5, 0.6) is 0 Å². The summed E-state index contributed by atoms with van der Waals surface area (Å²) in [5.74, 6) is -1.58. The Labute approximate surface area is 214 Å². The van der Waals surface area contributed by atoms with Gasteiger partial charge in [0, 0.05) is 19.2 Å². The number of morpholine rings is 1. The molecule has 1 amide bonds. The Morgan fingerprint density at radius 3 is 2.43 bits per heavy atom. The third-order valence-electron chi connectivity index (χ3n) is 7.54. The molecule has 2 saturated heterocycles. The molecule has 2 aliphatic rings. The molecule has 0 saturated carbocycles. The molecular formula is C26H30BF2N3O5. The van der Waals surface area contributed by atoms with Gasteiger partial charge in [-0.2, -0.15) is 0 Å². The molecule has 2 aromatic heterocycles. The Bertz CT molecular complexity index is 1340. The molecule has 2 aliphatic heterocycles. The topological polar surface area (TPSA) is 85.5 Å². The van der Waals surface area contributed by atoms with Crippen molar-refractivity contribution in [1.29, 1.82) is 0 Å². The number of amides is 1. The van der Waals surface area contributed by atoms with E-state index < -0.39 is 42.2 Å². The first-order valence-corrected chi connectivity index (χ1v) is 12.3. The Morgan fingerprint density at radius 2 is 1.81 bits per heavy atom. The number of hydrogen-bond donors (Lipinski definition) is 1. The highest BCUT2D eigenvalue weighted by molar-refractivity contribution is 6.62. The van der Waals surface area contributed by atoms with Crippen molar-refractivity contribution in [2.45, 2.75) is 58.3 Å². The zero-order valence-corrected chi connectivity index (χ0v) is 21.5. The molecule has 0 bridgehead atoms. The number of rotatable bonds is 4. The number of aromatic nitrogens is 2. The average molecular weight is 513 g/mol. The molecule has 37 heavy (non-hydrogen) atoms. The molecule has 11 heteroatoms. The van der Waals surface area contributed by atoms with Gasteiger partial charge in [0.1, 0.15) is 17.3 Å². The van der Waals surface area contributed by atoms with Crippen LogP contribution >= 0.6 is 0 Å². The van der Waals surface area contributed by atoms with E-state index in [1.807, 2.05) is 46.8 Å². The summed E-state index contributed by atoms with van der Waals surface area (Å²) in [6.45, 7) is 10.1. The molecule has 2 fully saturated rings. The van der Waals surface area contributed by atoms with Crippen molar-refractivity contribution >= 4 is 24.3 Å². The van der Waals surface area contributed by atoms with Gasteiger partial charge in [-0.25, -0.2) is 18.6 Å². The summed E-state index contributed by atoms with van der Waals surface area (Å²) in [7, 11) is -0.913. The molecule has 1 atom stereocenters. The number of carboxylic acid groups (broad SMARTS) is 1. The molecule has 0 spiro atoms. The standard InChI is InChI=1S/C26H30BF2N3O5/c1-15-6-7-32-20(13-17-14-31(24(33)34)8-9-35-17)23(30-21(32)10-15)22-18(28)11-16(12-19(22)29)27-36-25(2,3)26(4,5)37-27/h6-7,10-12,17H,8-9,13-14H2,1-5H3,(H,33,34)/t17-/m0/s1. The second kappa shape index (κ2) is 9.07. The van der Waals surface area contributed by atoms with Crippen molar-refractivity contribution < 1.29 is 32.7 Å². The first-order chi connectivity index (χ1) is 17.4. The minimum absolute atomic E-state index is 0.150. The first kappa shape index (κ1) is 25.6. The van der Waals surface area contributed by atoms with Gasteiger partial charge in [-0.15, -0.1) is 0 Å². The summed E-state index contributed by atoms with van der Waals surface area (Å²) < 4.78 is 50.8. The molecule has 1 aromatic carbocycles. The van der Waals surface area contributed by atoms with Gasteiger partial charge >= 0.3 is 13.2 Å². The van der Waals surface area contributed by atoms with Gasteiger partial charge in [0.05, 0.1) is 47.4 Å². The van der Waals surface area contributed by atoms with E-state index in [-0.39, 0.29) is 42.8 Å². The largest absolute Gasteiger partial charge is 0.495 e. The smallest absolute Gasteiger partial charge is 0.465 e. The third kappa shape index (κ3) is 4.60. The normalized spacial score (nSPS) is 21.1. The van der Waals surface area contributed by atoms with Gasteiger partial charge in [-0.05, 0) is 69.9 Å². The van der Waals surface area contributed by atoms with Crippen LogP contribution in [-0.2, 0) is 20.5 Å². The van der Waals surface area contributed by atoms with Gasteiger partial charge in [0.25, 0.3) is 0 Å². The second-order valence-electron chi connectivity index (χ2n) is 10.7. The monoisotopic (exact) mass is 513 g/mol. The van der Waals surface area contributed by atoms with E-state index in [1.54, 1.807) is 10.6 Å². The lowest BCUT2D eigenvalue weighted by atomic mass is 9.78. The SMILES string of the molecule is Cc1ccn2c(C[C@H]3CN(C(=O)O)CCO3)c(-c3c(F)cc(B4OC(C)(C)C(C)(C)O4)cc3F)nc2c1. The molecule has 8 nitrogen and oxygen atoms in total. The van der Waals surface area contributed by atoms with Crippen LogP contribution < -0.4 is 5.46 Å². The minimum Gasteiger partial charge on any atom is -0.465 e. The highest BCUT2D eigenvalue weighted by Crippen LogP contribution is 2.37. The lowest BCUT2D eigenvalue weighted by molar-refractivity contribution is -0.0214. The molecule has 4 heterocycles. The molecule has 0 unspecified atom stereocenters. The van der Waals surface area contributed by atoms with Crippen molar-refractivity contribution in [3.05, 3.63) is 53.4 Å². The number of fused-ring (bicyclic) bond motifs is 1. The highest BCUT2D eigenvalue weighted by Gasteiger charge is 2.52. The maximum Gasteiger partial charge on any atom is 0.495 e. The number of imidazole rings is 1. The Balaban J connectivity index is 1.55.